The molecule has 0 aromatic heterocycles. The van der Waals surface area contributed by atoms with Crippen molar-refractivity contribution in [1.29, 1.82) is 0 Å². The molecule has 3 aromatic rings. The van der Waals surface area contributed by atoms with E-state index in [1.807, 2.05) is 24.3 Å². The first-order chi connectivity index (χ1) is 18.7. The van der Waals surface area contributed by atoms with Crippen LogP contribution in [0, 0.1) is 0 Å². The van der Waals surface area contributed by atoms with Gasteiger partial charge in [0, 0.05) is 37.8 Å². The highest BCUT2D eigenvalue weighted by molar-refractivity contribution is 5.98. The quantitative estimate of drug-likeness (QED) is 0.446. The Labute approximate surface area is 225 Å². The van der Waals surface area contributed by atoms with E-state index < -0.39 is 0 Å². The highest BCUT2D eigenvalue weighted by atomic mass is 16.2. The Morgan fingerprint density at radius 2 is 1.66 bits per heavy atom. The van der Waals surface area contributed by atoms with Crippen molar-refractivity contribution in [3.8, 4) is 11.1 Å². The van der Waals surface area contributed by atoms with E-state index in [0.717, 1.165) is 75.0 Å². The molecule has 1 N–H and O–H groups in total. The fraction of sp³-hybridized carbons (Fsp3) is 0.394. The lowest BCUT2D eigenvalue weighted by Gasteiger charge is -2.36. The lowest BCUT2D eigenvalue weighted by atomic mass is 9.93. The van der Waals surface area contributed by atoms with Crippen LogP contribution >= 0.6 is 0 Å². The highest BCUT2D eigenvalue weighted by Crippen LogP contribution is 2.46. The van der Waals surface area contributed by atoms with Crippen LogP contribution in [0.4, 0.5) is 0 Å². The summed E-state index contributed by atoms with van der Waals surface area (Å²) in [4.78, 5) is 30.7. The van der Waals surface area contributed by atoms with Crippen LogP contribution in [0.3, 0.4) is 0 Å². The molecule has 1 unspecified atom stereocenters. The summed E-state index contributed by atoms with van der Waals surface area (Å²) in [5.41, 5.74) is 8.16. The van der Waals surface area contributed by atoms with Gasteiger partial charge < -0.3 is 15.1 Å². The minimum atomic E-state index is -0.217. The van der Waals surface area contributed by atoms with Crippen molar-refractivity contribution < 1.29 is 9.59 Å². The van der Waals surface area contributed by atoms with Crippen LogP contribution in [-0.2, 0) is 17.8 Å². The molecule has 2 heterocycles. The molecule has 0 spiro atoms. The van der Waals surface area contributed by atoms with Gasteiger partial charge in [-0.1, -0.05) is 67.6 Å². The normalized spacial score (nSPS) is 18.8. The van der Waals surface area contributed by atoms with Crippen LogP contribution in [0.2, 0.25) is 0 Å². The molecule has 0 saturated carbocycles. The molecule has 2 aliphatic heterocycles. The van der Waals surface area contributed by atoms with E-state index in [0.29, 0.717) is 12.6 Å². The Morgan fingerprint density at radius 3 is 2.45 bits per heavy atom. The average Bonchev–Trinajstić information content (AvgIpc) is 3.48. The standard InChI is InChI=1S/C33H37N3O2/c1-2-18-34-32(37)31-28-14-6-5-13-27(28)30-23(10-7-15-29(30)31)11-8-19-35-20-16-25(17-21-35)36-22-24-9-3-4-12-26(24)33(36)38/h3-7,9-10,12-15,25,31H,2,8,11,16-22H2,1H3,(H,34,37). The molecular weight excluding hydrogens is 470 g/mol. The van der Waals surface area contributed by atoms with Crippen LogP contribution < -0.4 is 5.32 Å². The Hall–Kier alpha value is -3.44. The van der Waals surface area contributed by atoms with Crippen molar-refractivity contribution in [2.24, 2.45) is 0 Å². The molecule has 3 aromatic carbocycles. The third-order valence-electron chi connectivity index (χ3n) is 8.61. The van der Waals surface area contributed by atoms with E-state index in [1.165, 1.54) is 22.3 Å². The van der Waals surface area contributed by atoms with E-state index in [1.54, 1.807) is 0 Å². The Bertz CT molecular complexity index is 1340. The van der Waals surface area contributed by atoms with Crippen molar-refractivity contribution in [3.05, 3.63) is 94.5 Å². The van der Waals surface area contributed by atoms with Crippen LogP contribution in [0.5, 0.6) is 0 Å². The molecule has 2 amide bonds. The number of amides is 2. The smallest absolute Gasteiger partial charge is 0.254 e. The summed E-state index contributed by atoms with van der Waals surface area (Å²) in [6, 6.07) is 23.3. The number of piperidine rings is 1. The lowest BCUT2D eigenvalue weighted by molar-refractivity contribution is -0.121. The zero-order chi connectivity index (χ0) is 26.1. The molecule has 0 radical (unpaired) electrons. The van der Waals surface area contributed by atoms with Gasteiger partial charge in [0.05, 0.1) is 5.92 Å². The first-order valence-corrected chi connectivity index (χ1v) is 14.3. The molecule has 196 valence electrons. The molecule has 1 fully saturated rings. The predicted molar refractivity (Wildman–Crippen MR) is 151 cm³/mol. The van der Waals surface area contributed by atoms with Gasteiger partial charge in [-0.15, -0.1) is 0 Å². The topological polar surface area (TPSA) is 52.7 Å². The fourth-order valence-electron chi connectivity index (χ4n) is 6.69. The molecule has 38 heavy (non-hydrogen) atoms. The maximum absolute atomic E-state index is 13.1. The van der Waals surface area contributed by atoms with Gasteiger partial charge >= 0.3 is 0 Å². The fourth-order valence-corrected chi connectivity index (χ4v) is 6.69. The first kappa shape index (κ1) is 24.9. The van der Waals surface area contributed by atoms with E-state index in [9.17, 15) is 9.59 Å². The van der Waals surface area contributed by atoms with Crippen molar-refractivity contribution in [3.63, 3.8) is 0 Å². The van der Waals surface area contributed by atoms with E-state index in [-0.39, 0.29) is 17.7 Å². The second-order valence-electron chi connectivity index (χ2n) is 11.0. The maximum atomic E-state index is 13.1. The molecule has 0 bridgehead atoms. The number of aryl methyl sites for hydroxylation is 1. The van der Waals surface area contributed by atoms with Crippen molar-refractivity contribution in [2.75, 3.05) is 26.2 Å². The average molecular weight is 508 g/mol. The molecule has 5 nitrogen and oxygen atoms in total. The number of nitrogens with one attached hydrogen (secondary N) is 1. The molecule has 1 saturated heterocycles. The SMILES string of the molecule is CCCNC(=O)C1c2ccccc2-c2c(CCCN3CCC(N4Cc5ccccc5C4=O)CC3)cccc21. The molecule has 3 aliphatic rings. The van der Waals surface area contributed by atoms with Crippen molar-refractivity contribution in [1.82, 2.24) is 15.1 Å². The summed E-state index contributed by atoms with van der Waals surface area (Å²) in [5.74, 6) is 0.0998. The summed E-state index contributed by atoms with van der Waals surface area (Å²) in [6.07, 6.45) is 5.11. The van der Waals surface area contributed by atoms with E-state index in [2.05, 4.69) is 64.5 Å². The van der Waals surface area contributed by atoms with Crippen molar-refractivity contribution >= 4 is 11.8 Å². The number of benzene rings is 3. The molecule has 6 rings (SSSR count). The number of fused-ring (bicyclic) bond motifs is 4. The zero-order valence-electron chi connectivity index (χ0n) is 22.3. The Balaban J connectivity index is 1.08. The Kier molecular flexibility index (Phi) is 7.03. The molecular formula is C33H37N3O2. The predicted octanol–water partition coefficient (Wildman–Crippen LogP) is 5.38. The van der Waals surface area contributed by atoms with Crippen LogP contribution in [0.1, 0.15) is 71.1 Å². The summed E-state index contributed by atoms with van der Waals surface area (Å²) >= 11 is 0. The number of hydrogen-bond donors (Lipinski definition) is 1. The third kappa shape index (κ3) is 4.54. The highest BCUT2D eigenvalue weighted by Gasteiger charge is 2.35. The van der Waals surface area contributed by atoms with E-state index >= 15 is 0 Å². The van der Waals surface area contributed by atoms with Crippen LogP contribution in [0.15, 0.2) is 66.7 Å². The number of carbonyl (C=O) groups excluding carboxylic acids is 2. The lowest BCUT2D eigenvalue weighted by Crippen LogP contribution is -2.45. The third-order valence-corrected chi connectivity index (χ3v) is 8.61. The second-order valence-corrected chi connectivity index (χ2v) is 11.0. The number of likely N-dealkylation sites (tertiary alicyclic amines) is 1. The van der Waals surface area contributed by atoms with Gasteiger partial charge in [-0.2, -0.15) is 0 Å². The maximum Gasteiger partial charge on any atom is 0.254 e. The summed E-state index contributed by atoms with van der Waals surface area (Å²) in [6.45, 7) is 6.70. The van der Waals surface area contributed by atoms with Gasteiger partial charge in [-0.05, 0) is 78.1 Å². The summed E-state index contributed by atoms with van der Waals surface area (Å²) in [7, 11) is 0. The molecule has 1 atom stereocenters. The van der Waals surface area contributed by atoms with Crippen LogP contribution in [0.25, 0.3) is 11.1 Å². The van der Waals surface area contributed by atoms with Gasteiger partial charge in [0.25, 0.3) is 5.91 Å². The minimum Gasteiger partial charge on any atom is -0.355 e. The van der Waals surface area contributed by atoms with Gasteiger partial charge in [0.15, 0.2) is 0 Å². The molecule has 5 heteroatoms. The summed E-state index contributed by atoms with van der Waals surface area (Å²) in [5, 5.41) is 3.12. The largest absolute Gasteiger partial charge is 0.355 e. The number of rotatable bonds is 8. The van der Waals surface area contributed by atoms with Gasteiger partial charge in [0.2, 0.25) is 5.91 Å². The monoisotopic (exact) mass is 507 g/mol. The molecule has 1 aliphatic carbocycles. The number of carbonyl (C=O) groups is 2. The van der Waals surface area contributed by atoms with Gasteiger partial charge in [0.1, 0.15) is 0 Å². The first-order valence-electron chi connectivity index (χ1n) is 14.3. The van der Waals surface area contributed by atoms with E-state index in [4.69, 9.17) is 0 Å². The van der Waals surface area contributed by atoms with Crippen molar-refractivity contribution in [2.45, 2.75) is 57.5 Å². The van der Waals surface area contributed by atoms with Gasteiger partial charge in [-0.3, -0.25) is 9.59 Å². The second kappa shape index (κ2) is 10.7. The van der Waals surface area contributed by atoms with Crippen LogP contribution in [-0.4, -0.2) is 53.8 Å². The zero-order valence-corrected chi connectivity index (χ0v) is 22.3. The Morgan fingerprint density at radius 1 is 0.921 bits per heavy atom. The number of nitrogens with zero attached hydrogens (tertiary/aromatic N) is 2. The number of hydrogen-bond acceptors (Lipinski definition) is 3. The summed E-state index contributed by atoms with van der Waals surface area (Å²) < 4.78 is 0. The van der Waals surface area contributed by atoms with Gasteiger partial charge in [-0.25, -0.2) is 0 Å². The minimum absolute atomic E-state index is 0.109.